The van der Waals surface area contributed by atoms with Crippen molar-refractivity contribution in [3.05, 3.63) is 59.7 Å². The van der Waals surface area contributed by atoms with Crippen LogP contribution in [0.4, 0.5) is 5.69 Å². The summed E-state index contributed by atoms with van der Waals surface area (Å²) in [6.07, 6.45) is 1.78. The summed E-state index contributed by atoms with van der Waals surface area (Å²) in [5.41, 5.74) is 2.67. The van der Waals surface area contributed by atoms with E-state index in [1.54, 1.807) is 23.1 Å². The molecular formula is C20H24N2O3S. The highest BCUT2D eigenvalue weighted by Gasteiger charge is 2.26. The van der Waals surface area contributed by atoms with E-state index < -0.39 is 10.0 Å². The van der Waals surface area contributed by atoms with Crippen molar-refractivity contribution in [2.45, 2.75) is 44.0 Å². The molecule has 2 aromatic carbocycles. The number of carbonyl (C=O) groups excluding carboxylic acids is 1. The fraction of sp³-hybridized carbons (Fsp3) is 0.350. The number of rotatable bonds is 6. The van der Waals surface area contributed by atoms with Crippen LogP contribution < -0.4 is 9.62 Å². The molecule has 2 aromatic rings. The van der Waals surface area contributed by atoms with Crippen molar-refractivity contribution < 1.29 is 13.2 Å². The quantitative estimate of drug-likeness (QED) is 0.845. The highest BCUT2D eigenvalue weighted by atomic mass is 32.2. The normalized spacial score (nSPS) is 14.9. The molecule has 0 saturated heterocycles. The standard InChI is InChI=1S/C20H24N2O3S/c1-3-18(15-8-6-5-7-9-15)21-26(24,25)17-10-11-19-16(14-17)12-13-22(19)20(23)4-2/h5-11,14,18,21H,3-4,12-13H2,1-2H3/t18-/m0/s1. The van der Waals surface area contributed by atoms with Gasteiger partial charge in [-0.2, -0.15) is 0 Å². The minimum absolute atomic E-state index is 0.0626. The van der Waals surface area contributed by atoms with Gasteiger partial charge in [0, 0.05) is 24.7 Å². The van der Waals surface area contributed by atoms with Gasteiger partial charge in [0.05, 0.1) is 4.90 Å². The number of carbonyl (C=O) groups is 1. The summed E-state index contributed by atoms with van der Waals surface area (Å²) < 4.78 is 28.5. The highest BCUT2D eigenvalue weighted by molar-refractivity contribution is 7.89. The third-order valence-electron chi connectivity index (χ3n) is 4.77. The van der Waals surface area contributed by atoms with Gasteiger partial charge in [-0.15, -0.1) is 0 Å². The lowest BCUT2D eigenvalue weighted by molar-refractivity contribution is -0.118. The first-order valence-corrected chi connectivity index (χ1v) is 10.4. The Kier molecular flexibility index (Phi) is 5.44. The van der Waals surface area contributed by atoms with Crippen molar-refractivity contribution in [3.63, 3.8) is 0 Å². The van der Waals surface area contributed by atoms with Gasteiger partial charge >= 0.3 is 0 Å². The second-order valence-corrected chi connectivity index (χ2v) is 8.15. The first-order valence-electron chi connectivity index (χ1n) is 8.96. The summed E-state index contributed by atoms with van der Waals surface area (Å²) in [6.45, 7) is 4.40. The van der Waals surface area contributed by atoms with Crippen LogP contribution in [0.3, 0.4) is 0 Å². The molecule has 1 N–H and O–H groups in total. The molecule has 26 heavy (non-hydrogen) atoms. The van der Waals surface area contributed by atoms with Crippen molar-refractivity contribution >= 4 is 21.6 Å². The predicted octanol–water partition coefficient (Wildman–Crippen LogP) is 3.42. The Balaban J connectivity index is 1.85. The first-order chi connectivity index (χ1) is 12.5. The minimum atomic E-state index is -3.64. The molecule has 0 saturated carbocycles. The molecule has 0 aliphatic carbocycles. The van der Waals surface area contributed by atoms with Gasteiger partial charge in [-0.1, -0.05) is 44.2 Å². The number of fused-ring (bicyclic) bond motifs is 1. The van der Waals surface area contributed by atoms with Gasteiger partial charge in [-0.3, -0.25) is 4.79 Å². The van der Waals surface area contributed by atoms with E-state index in [4.69, 9.17) is 0 Å². The summed E-state index contributed by atoms with van der Waals surface area (Å²) in [6, 6.07) is 14.3. The molecular weight excluding hydrogens is 348 g/mol. The van der Waals surface area contributed by atoms with Crippen LogP contribution in [0.15, 0.2) is 53.4 Å². The molecule has 0 fully saturated rings. The lowest BCUT2D eigenvalue weighted by atomic mass is 10.1. The average Bonchev–Trinajstić information content (AvgIpc) is 3.09. The fourth-order valence-electron chi connectivity index (χ4n) is 3.32. The molecule has 6 heteroatoms. The van der Waals surface area contributed by atoms with Crippen LogP contribution in [0.1, 0.15) is 43.9 Å². The van der Waals surface area contributed by atoms with Gasteiger partial charge < -0.3 is 4.90 Å². The maximum atomic E-state index is 12.9. The van der Waals surface area contributed by atoms with Gasteiger partial charge in [0.25, 0.3) is 0 Å². The van der Waals surface area contributed by atoms with Crippen LogP contribution >= 0.6 is 0 Å². The van der Waals surface area contributed by atoms with E-state index in [1.807, 2.05) is 44.2 Å². The second-order valence-electron chi connectivity index (χ2n) is 6.43. The molecule has 0 bridgehead atoms. The van der Waals surface area contributed by atoms with E-state index in [1.165, 1.54) is 0 Å². The zero-order valence-corrected chi connectivity index (χ0v) is 15.9. The Morgan fingerprint density at radius 1 is 1.15 bits per heavy atom. The zero-order chi connectivity index (χ0) is 18.7. The lowest BCUT2D eigenvalue weighted by Gasteiger charge is -2.19. The Morgan fingerprint density at radius 2 is 1.88 bits per heavy atom. The zero-order valence-electron chi connectivity index (χ0n) is 15.1. The van der Waals surface area contributed by atoms with E-state index in [-0.39, 0.29) is 16.8 Å². The number of nitrogens with zero attached hydrogens (tertiary/aromatic N) is 1. The SMILES string of the molecule is CCC(=O)N1CCc2cc(S(=O)(=O)N[C@@H](CC)c3ccccc3)ccc21. The molecule has 138 valence electrons. The number of hydrogen-bond donors (Lipinski definition) is 1. The first kappa shape index (κ1) is 18.6. The van der Waals surface area contributed by atoms with Crippen LogP contribution in [-0.4, -0.2) is 20.9 Å². The summed E-state index contributed by atoms with van der Waals surface area (Å²) in [5, 5.41) is 0. The third kappa shape index (κ3) is 3.66. The Labute approximate surface area is 155 Å². The lowest BCUT2D eigenvalue weighted by Crippen LogP contribution is -2.29. The smallest absolute Gasteiger partial charge is 0.241 e. The van der Waals surface area contributed by atoms with Gasteiger partial charge in [0.2, 0.25) is 15.9 Å². The number of benzene rings is 2. The van der Waals surface area contributed by atoms with Gasteiger partial charge in [-0.05, 0) is 42.2 Å². The van der Waals surface area contributed by atoms with E-state index in [0.717, 1.165) is 16.8 Å². The highest BCUT2D eigenvalue weighted by Crippen LogP contribution is 2.31. The number of amides is 1. The largest absolute Gasteiger partial charge is 0.312 e. The third-order valence-corrected chi connectivity index (χ3v) is 6.24. The molecule has 0 radical (unpaired) electrons. The van der Waals surface area contributed by atoms with Crippen LogP contribution in [0.2, 0.25) is 0 Å². The summed E-state index contributed by atoms with van der Waals surface area (Å²) in [5.74, 6) is 0.0626. The van der Waals surface area contributed by atoms with Crippen molar-refractivity contribution in [2.24, 2.45) is 0 Å². The van der Waals surface area contributed by atoms with Gasteiger partial charge in [-0.25, -0.2) is 13.1 Å². The van der Waals surface area contributed by atoms with E-state index >= 15 is 0 Å². The van der Waals surface area contributed by atoms with Gasteiger partial charge in [0.1, 0.15) is 0 Å². The molecule has 1 amide bonds. The second kappa shape index (κ2) is 7.60. The van der Waals surface area contributed by atoms with E-state index in [2.05, 4.69) is 4.72 Å². The van der Waals surface area contributed by atoms with Crippen molar-refractivity contribution in [1.82, 2.24) is 4.72 Å². The van der Waals surface area contributed by atoms with E-state index in [9.17, 15) is 13.2 Å². The van der Waals surface area contributed by atoms with E-state index in [0.29, 0.717) is 25.8 Å². The fourth-order valence-corrected chi connectivity index (χ4v) is 4.68. The minimum Gasteiger partial charge on any atom is -0.312 e. The molecule has 1 atom stereocenters. The molecule has 5 nitrogen and oxygen atoms in total. The average molecular weight is 372 g/mol. The summed E-state index contributed by atoms with van der Waals surface area (Å²) >= 11 is 0. The predicted molar refractivity (Wildman–Crippen MR) is 103 cm³/mol. The van der Waals surface area contributed by atoms with Crippen molar-refractivity contribution in [1.29, 1.82) is 0 Å². The molecule has 0 unspecified atom stereocenters. The number of anilines is 1. The number of nitrogens with one attached hydrogen (secondary N) is 1. The molecule has 0 spiro atoms. The molecule has 1 aliphatic heterocycles. The summed E-state index contributed by atoms with van der Waals surface area (Å²) in [4.78, 5) is 14.0. The van der Waals surface area contributed by atoms with Gasteiger partial charge in [0.15, 0.2) is 0 Å². The topological polar surface area (TPSA) is 66.5 Å². The van der Waals surface area contributed by atoms with Crippen LogP contribution in [0.5, 0.6) is 0 Å². The molecule has 1 aliphatic rings. The Morgan fingerprint density at radius 3 is 2.54 bits per heavy atom. The maximum Gasteiger partial charge on any atom is 0.241 e. The Hall–Kier alpha value is -2.18. The monoisotopic (exact) mass is 372 g/mol. The molecule has 1 heterocycles. The Bertz CT molecular complexity index is 895. The van der Waals surface area contributed by atoms with Crippen LogP contribution in [0, 0.1) is 0 Å². The summed E-state index contributed by atoms with van der Waals surface area (Å²) in [7, 11) is -3.64. The number of hydrogen-bond acceptors (Lipinski definition) is 3. The van der Waals surface area contributed by atoms with Crippen molar-refractivity contribution in [2.75, 3.05) is 11.4 Å². The van der Waals surface area contributed by atoms with Crippen LogP contribution in [0.25, 0.3) is 0 Å². The maximum absolute atomic E-state index is 12.9. The molecule has 0 aromatic heterocycles. The van der Waals surface area contributed by atoms with Crippen LogP contribution in [-0.2, 0) is 21.2 Å². The number of sulfonamides is 1. The molecule has 3 rings (SSSR count). The van der Waals surface area contributed by atoms with Crippen molar-refractivity contribution in [3.8, 4) is 0 Å².